The van der Waals surface area contributed by atoms with Gasteiger partial charge in [0.1, 0.15) is 5.75 Å². The number of ether oxygens (including phenoxy) is 1. The Hall–Kier alpha value is -3.10. The molecule has 1 heterocycles. The summed E-state index contributed by atoms with van der Waals surface area (Å²) in [6.07, 6.45) is 0. The van der Waals surface area contributed by atoms with Crippen LogP contribution in [0.5, 0.6) is 5.75 Å². The zero-order chi connectivity index (χ0) is 20.4. The lowest BCUT2D eigenvalue weighted by Gasteiger charge is -2.09. The number of sulfonamides is 1. The van der Waals surface area contributed by atoms with Gasteiger partial charge in [-0.25, -0.2) is 8.42 Å². The highest BCUT2D eigenvalue weighted by Crippen LogP contribution is 2.25. The Balaban J connectivity index is 1.65. The van der Waals surface area contributed by atoms with Crippen LogP contribution in [0.25, 0.3) is 10.2 Å². The van der Waals surface area contributed by atoms with Crippen LogP contribution >= 0.6 is 11.3 Å². The second kappa shape index (κ2) is 7.73. The van der Waals surface area contributed by atoms with Crippen LogP contribution in [-0.2, 0) is 16.6 Å². The lowest BCUT2D eigenvalue weighted by Crippen LogP contribution is -2.14. The van der Waals surface area contributed by atoms with E-state index < -0.39 is 10.0 Å². The average molecular weight is 427 g/mol. The zero-order valence-corrected chi connectivity index (χ0v) is 17.2. The minimum Gasteiger partial charge on any atom is -0.497 e. The van der Waals surface area contributed by atoms with E-state index in [1.54, 1.807) is 42.0 Å². The molecular formula is C21H18N2O4S2. The third-order valence-corrected chi connectivity index (χ3v) is 6.80. The van der Waals surface area contributed by atoms with Crippen molar-refractivity contribution in [1.82, 2.24) is 4.57 Å². The van der Waals surface area contributed by atoms with Crippen LogP contribution in [0.1, 0.15) is 5.56 Å². The quantitative estimate of drug-likeness (QED) is 0.507. The maximum Gasteiger partial charge on any atom is 0.308 e. The summed E-state index contributed by atoms with van der Waals surface area (Å²) in [6.45, 7) is 0.440. The van der Waals surface area contributed by atoms with Crippen LogP contribution in [-0.4, -0.2) is 20.1 Å². The fourth-order valence-electron chi connectivity index (χ4n) is 3.00. The molecule has 6 nitrogen and oxygen atoms in total. The molecule has 0 atom stereocenters. The van der Waals surface area contributed by atoms with Gasteiger partial charge in [-0.3, -0.25) is 14.1 Å². The fraction of sp³-hybridized carbons (Fsp3) is 0.0952. The number of benzene rings is 3. The molecule has 148 valence electrons. The fourth-order valence-corrected chi connectivity index (χ4v) is 5.09. The van der Waals surface area contributed by atoms with E-state index in [4.69, 9.17) is 4.74 Å². The van der Waals surface area contributed by atoms with Crippen molar-refractivity contribution in [3.8, 4) is 5.75 Å². The maximum absolute atomic E-state index is 12.8. The smallest absolute Gasteiger partial charge is 0.308 e. The Labute approximate surface area is 172 Å². The number of thiazole rings is 1. The van der Waals surface area contributed by atoms with Crippen LogP contribution in [0.15, 0.2) is 82.5 Å². The molecule has 0 aliphatic rings. The van der Waals surface area contributed by atoms with E-state index in [2.05, 4.69) is 4.72 Å². The van der Waals surface area contributed by atoms with E-state index in [0.29, 0.717) is 28.2 Å². The molecule has 0 unspecified atom stereocenters. The van der Waals surface area contributed by atoms with Gasteiger partial charge in [-0.15, -0.1) is 0 Å². The summed E-state index contributed by atoms with van der Waals surface area (Å²) in [5.74, 6) is 0.638. The minimum atomic E-state index is -3.78. The van der Waals surface area contributed by atoms with Crippen LogP contribution < -0.4 is 14.3 Å². The summed E-state index contributed by atoms with van der Waals surface area (Å²) in [5.41, 5.74) is 2.15. The summed E-state index contributed by atoms with van der Waals surface area (Å²) in [7, 11) is -2.24. The molecule has 4 aromatic rings. The topological polar surface area (TPSA) is 77.4 Å². The molecule has 0 radical (unpaired) electrons. The molecule has 4 rings (SSSR count). The molecule has 1 N–H and O–H groups in total. The number of methoxy groups -OCH3 is 1. The van der Waals surface area contributed by atoms with Gasteiger partial charge in [0.05, 0.1) is 28.8 Å². The second-order valence-electron chi connectivity index (χ2n) is 6.40. The monoisotopic (exact) mass is 426 g/mol. The van der Waals surface area contributed by atoms with Gasteiger partial charge in [-0.1, -0.05) is 41.7 Å². The SMILES string of the molecule is COc1ccc(NS(=O)(=O)c2ccc3c(c2)sc(=O)n3Cc2ccccc2)cc1. The highest BCUT2D eigenvalue weighted by atomic mass is 32.2. The molecule has 29 heavy (non-hydrogen) atoms. The molecule has 0 bridgehead atoms. The van der Waals surface area contributed by atoms with Crippen molar-refractivity contribution in [2.45, 2.75) is 11.4 Å². The lowest BCUT2D eigenvalue weighted by molar-refractivity contribution is 0.415. The normalized spacial score (nSPS) is 11.5. The number of fused-ring (bicyclic) bond motifs is 1. The van der Waals surface area contributed by atoms with Crippen molar-refractivity contribution in [2.24, 2.45) is 0 Å². The number of nitrogens with one attached hydrogen (secondary N) is 1. The Bertz CT molecular complexity index is 1310. The van der Waals surface area contributed by atoms with Gasteiger partial charge in [-0.05, 0) is 48.0 Å². The largest absolute Gasteiger partial charge is 0.497 e. The average Bonchev–Trinajstić information content (AvgIpc) is 3.03. The van der Waals surface area contributed by atoms with Gasteiger partial charge in [0.2, 0.25) is 0 Å². The summed E-state index contributed by atoms with van der Waals surface area (Å²) in [4.78, 5) is 12.4. The third kappa shape index (κ3) is 4.03. The van der Waals surface area contributed by atoms with Crippen molar-refractivity contribution in [3.05, 3.63) is 88.0 Å². The van der Waals surface area contributed by atoms with E-state index in [9.17, 15) is 13.2 Å². The number of rotatable bonds is 6. The summed E-state index contributed by atoms with van der Waals surface area (Å²) >= 11 is 1.04. The van der Waals surface area contributed by atoms with Crippen LogP contribution in [0.2, 0.25) is 0 Å². The summed E-state index contributed by atoms with van der Waals surface area (Å²) < 4.78 is 35.4. The van der Waals surface area contributed by atoms with Gasteiger partial charge in [0.15, 0.2) is 0 Å². The summed E-state index contributed by atoms with van der Waals surface area (Å²) in [5, 5.41) is 0. The predicted octanol–water partition coefficient (Wildman–Crippen LogP) is 3.92. The number of aromatic nitrogens is 1. The molecule has 0 fully saturated rings. The Morgan fingerprint density at radius 2 is 1.72 bits per heavy atom. The number of anilines is 1. The number of hydrogen-bond acceptors (Lipinski definition) is 5. The van der Waals surface area contributed by atoms with Crippen LogP contribution in [0.3, 0.4) is 0 Å². The van der Waals surface area contributed by atoms with Gasteiger partial charge in [-0.2, -0.15) is 0 Å². The molecule has 3 aromatic carbocycles. The molecule has 0 saturated heterocycles. The molecule has 1 aromatic heterocycles. The lowest BCUT2D eigenvalue weighted by atomic mass is 10.2. The molecule has 0 aliphatic heterocycles. The maximum atomic E-state index is 12.8. The van der Waals surface area contributed by atoms with Gasteiger partial charge in [0, 0.05) is 5.69 Å². The Morgan fingerprint density at radius 3 is 2.41 bits per heavy atom. The molecule has 0 aliphatic carbocycles. The molecule has 0 amide bonds. The molecule has 8 heteroatoms. The molecule has 0 saturated carbocycles. The number of hydrogen-bond donors (Lipinski definition) is 1. The Morgan fingerprint density at radius 1 is 1.00 bits per heavy atom. The third-order valence-electron chi connectivity index (χ3n) is 4.48. The molecule has 0 spiro atoms. The van der Waals surface area contributed by atoms with Crippen LogP contribution in [0, 0.1) is 0 Å². The Kier molecular flexibility index (Phi) is 5.12. The van der Waals surface area contributed by atoms with Gasteiger partial charge in [0.25, 0.3) is 10.0 Å². The van der Waals surface area contributed by atoms with E-state index >= 15 is 0 Å². The van der Waals surface area contributed by atoms with E-state index in [-0.39, 0.29) is 9.77 Å². The first-order chi connectivity index (χ1) is 14.0. The van der Waals surface area contributed by atoms with Gasteiger partial charge >= 0.3 is 4.87 Å². The first kappa shape index (κ1) is 19.2. The van der Waals surface area contributed by atoms with Crippen molar-refractivity contribution in [2.75, 3.05) is 11.8 Å². The summed E-state index contributed by atoms with van der Waals surface area (Å²) in [6, 6.07) is 21.0. The number of nitrogens with zero attached hydrogens (tertiary/aromatic N) is 1. The van der Waals surface area contributed by atoms with E-state index in [0.717, 1.165) is 16.9 Å². The predicted molar refractivity (Wildman–Crippen MR) is 115 cm³/mol. The van der Waals surface area contributed by atoms with Crippen molar-refractivity contribution in [1.29, 1.82) is 0 Å². The van der Waals surface area contributed by atoms with E-state index in [1.807, 2.05) is 30.3 Å². The molecular weight excluding hydrogens is 408 g/mol. The standard InChI is InChI=1S/C21H18N2O4S2/c1-27-17-9-7-16(8-10-17)22-29(25,26)18-11-12-19-20(13-18)28-21(24)23(19)14-15-5-3-2-4-6-15/h2-13,22H,14H2,1H3. The zero-order valence-electron chi connectivity index (χ0n) is 15.5. The first-order valence-electron chi connectivity index (χ1n) is 8.80. The first-order valence-corrected chi connectivity index (χ1v) is 11.1. The minimum absolute atomic E-state index is 0.105. The highest BCUT2D eigenvalue weighted by Gasteiger charge is 2.17. The van der Waals surface area contributed by atoms with Crippen LogP contribution in [0.4, 0.5) is 5.69 Å². The van der Waals surface area contributed by atoms with Crippen molar-refractivity contribution < 1.29 is 13.2 Å². The van der Waals surface area contributed by atoms with Gasteiger partial charge < -0.3 is 4.74 Å². The van der Waals surface area contributed by atoms with E-state index in [1.165, 1.54) is 12.1 Å². The highest BCUT2D eigenvalue weighted by molar-refractivity contribution is 7.92. The second-order valence-corrected chi connectivity index (χ2v) is 9.08. The van der Waals surface area contributed by atoms with Crippen molar-refractivity contribution >= 4 is 37.3 Å². The van der Waals surface area contributed by atoms with Crippen molar-refractivity contribution in [3.63, 3.8) is 0 Å².